The molecule has 0 fully saturated rings. The third-order valence-electron chi connectivity index (χ3n) is 2.43. The van der Waals surface area contributed by atoms with E-state index in [-0.39, 0.29) is 6.04 Å². The lowest BCUT2D eigenvalue weighted by Crippen LogP contribution is -2.18. The number of thiazole rings is 1. The second kappa shape index (κ2) is 4.16. The van der Waals surface area contributed by atoms with Crippen LogP contribution in [-0.4, -0.2) is 12.0 Å². The fourth-order valence-electron chi connectivity index (χ4n) is 1.76. The van der Waals surface area contributed by atoms with Gasteiger partial charge in [-0.2, -0.15) is 0 Å². The van der Waals surface area contributed by atoms with Crippen molar-refractivity contribution in [2.24, 2.45) is 0 Å². The molecule has 0 bridgehead atoms. The zero-order valence-electron chi connectivity index (χ0n) is 9.07. The van der Waals surface area contributed by atoms with E-state index >= 15 is 0 Å². The smallest absolute Gasteiger partial charge is 0.106 e. The lowest BCUT2D eigenvalue weighted by Gasteiger charge is -2.12. The molecule has 1 unspecified atom stereocenters. The lowest BCUT2D eigenvalue weighted by molar-refractivity contribution is 0.496. The van der Waals surface area contributed by atoms with Crippen molar-refractivity contribution in [3.63, 3.8) is 0 Å². The van der Waals surface area contributed by atoms with Crippen LogP contribution in [0, 0.1) is 13.8 Å². The van der Waals surface area contributed by atoms with Gasteiger partial charge in [-0.15, -0.1) is 11.3 Å². The molecule has 0 spiro atoms. The molecule has 2 heterocycles. The highest BCUT2D eigenvalue weighted by atomic mass is 32.1. The molecule has 1 N–H and O–H groups in total. The van der Waals surface area contributed by atoms with Crippen molar-refractivity contribution >= 4 is 11.3 Å². The minimum absolute atomic E-state index is 0.133. The van der Waals surface area contributed by atoms with Gasteiger partial charge in [0.2, 0.25) is 0 Å². The van der Waals surface area contributed by atoms with Crippen molar-refractivity contribution in [2.75, 3.05) is 7.05 Å². The molecule has 1 atom stereocenters. The highest BCUT2D eigenvalue weighted by Crippen LogP contribution is 2.26. The number of rotatable bonds is 3. The van der Waals surface area contributed by atoms with E-state index in [0.29, 0.717) is 0 Å². The minimum Gasteiger partial charge on any atom is -0.466 e. The summed E-state index contributed by atoms with van der Waals surface area (Å²) in [7, 11) is 1.94. The summed E-state index contributed by atoms with van der Waals surface area (Å²) in [5.74, 6) is 1.90. The summed E-state index contributed by atoms with van der Waals surface area (Å²) < 4.78 is 5.53. The third kappa shape index (κ3) is 1.96. The van der Waals surface area contributed by atoms with Gasteiger partial charge in [-0.05, 0) is 27.0 Å². The van der Waals surface area contributed by atoms with Crippen LogP contribution in [0.15, 0.2) is 21.4 Å². The molecule has 0 radical (unpaired) electrons. The van der Waals surface area contributed by atoms with E-state index in [2.05, 4.69) is 21.7 Å². The van der Waals surface area contributed by atoms with Crippen LogP contribution in [0.5, 0.6) is 0 Å². The largest absolute Gasteiger partial charge is 0.466 e. The highest BCUT2D eigenvalue weighted by molar-refractivity contribution is 7.07. The third-order valence-corrected chi connectivity index (χ3v) is 3.03. The topological polar surface area (TPSA) is 38.1 Å². The summed E-state index contributed by atoms with van der Waals surface area (Å²) >= 11 is 1.61. The maximum absolute atomic E-state index is 5.53. The summed E-state index contributed by atoms with van der Waals surface area (Å²) in [6.45, 7) is 3.95. The number of nitrogens with zero attached hydrogens (tertiary/aromatic N) is 1. The van der Waals surface area contributed by atoms with E-state index in [1.165, 1.54) is 5.56 Å². The van der Waals surface area contributed by atoms with Gasteiger partial charge in [-0.25, -0.2) is 4.98 Å². The summed E-state index contributed by atoms with van der Waals surface area (Å²) in [5, 5.41) is 5.32. The van der Waals surface area contributed by atoms with Crippen LogP contribution in [0.2, 0.25) is 0 Å². The van der Waals surface area contributed by atoms with Gasteiger partial charge in [-0.3, -0.25) is 0 Å². The molecule has 2 rings (SSSR count). The number of aromatic nitrogens is 1. The van der Waals surface area contributed by atoms with Crippen LogP contribution >= 0.6 is 11.3 Å². The van der Waals surface area contributed by atoms with Crippen molar-refractivity contribution in [1.82, 2.24) is 10.3 Å². The van der Waals surface area contributed by atoms with Gasteiger partial charge >= 0.3 is 0 Å². The molecule has 0 saturated heterocycles. The average molecular weight is 222 g/mol. The first-order valence-corrected chi connectivity index (χ1v) is 5.79. The molecule has 0 aliphatic carbocycles. The zero-order chi connectivity index (χ0) is 10.8. The van der Waals surface area contributed by atoms with E-state index in [1.807, 2.05) is 26.4 Å². The predicted molar refractivity (Wildman–Crippen MR) is 61.2 cm³/mol. The predicted octanol–water partition coefficient (Wildman–Crippen LogP) is 2.66. The number of furan rings is 1. The first kappa shape index (κ1) is 10.4. The summed E-state index contributed by atoms with van der Waals surface area (Å²) in [5.41, 5.74) is 4.06. The first-order chi connectivity index (χ1) is 7.22. The van der Waals surface area contributed by atoms with E-state index in [0.717, 1.165) is 17.2 Å². The Morgan fingerprint density at radius 3 is 2.73 bits per heavy atom. The van der Waals surface area contributed by atoms with Crippen LogP contribution in [-0.2, 0) is 0 Å². The van der Waals surface area contributed by atoms with Crippen molar-refractivity contribution in [1.29, 1.82) is 0 Å². The number of hydrogen-bond acceptors (Lipinski definition) is 4. The van der Waals surface area contributed by atoms with Crippen LogP contribution in [0.4, 0.5) is 0 Å². The Labute approximate surface area is 93.2 Å². The van der Waals surface area contributed by atoms with Crippen molar-refractivity contribution in [3.8, 4) is 0 Å². The molecule has 3 nitrogen and oxygen atoms in total. The maximum atomic E-state index is 5.53. The van der Waals surface area contributed by atoms with Crippen LogP contribution in [0.1, 0.15) is 28.8 Å². The van der Waals surface area contributed by atoms with Crippen LogP contribution < -0.4 is 5.32 Å². The second-order valence-electron chi connectivity index (χ2n) is 3.50. The summed E-state index contributed by atoms with van der Waals surface area (Å²) in [4.78, 5) is 4.33. The van der Waals surface area contributed by atoms with Crippen molar-refractivity contribution in [2.45, 2.75) is 19.9 Å². The number of aryl methyl sites for hydroxylation is 2. The van der Waals surface area contributed by atoms with Gasteiger partial charge in [0.15, 0.2) is 0 Å². The second-order valence-corrected chi connectivity index (χ2v) is 4.22. The Hall–Kier alpha value is -1.13. The normalized spacial score (nSPS) is 13.0. The van der Waals surface area contributed by atoms with Crippen molar-refractivity contribution < 1.29 is 4.42 Å². The Morgan fingerprint density at radius 2 is 2.27 bits per heavy atom. The molecule has 0 saturated carbocycles. The molecule has 0 aliphatic heterocycles. The molecule has 4 heteroatoms. The van der Waals surface area contributed by atoms with E-state index in [9.17, 15) is 0 Å². The van der Waals surface area contributed by atoms with Gasteiger partial charge in [0.1, 0.15) is 11.5 Å². The van der Waals surface area contributed by atoms with Gasteiger partial charge in [0, 0.05) is 10.9 Å². The fourth-order valence-corrected chi connectivity index (χ4v) is 2.34. The Morgan fingerprint density at radius 1 is 1.47 bits per heavy atom. The monoisotopic (exact) mass is 222 g/mol. The van der Waals surface area contributed by atoms with Gasteiger partial charge in [-0.1, -0.05) is 0 Å². The van der Waals surface area contributed by atoms with Crippen LogP contribution in [0.25, 0.3) is 0 Å². The molecule has 0 aliphatic rings. The molecule has 80 valence electrons. The zero-order valence-corrected chi connectivity index (χ0v) is 9.89. The number of nitrogens with one attached hydrogen (secondary N) is 1. The number of hydrogen-bond donors (Lipinski definition) is 1. The summed E-state index contributed by atoms with van der Waals surface area (Å²) in [6, 6.07) is 2.20. The van der Waals surface area contributed by atoms with E-state index < -0.39 is 0 Å². The Balaban J connectivity index is 2.39. The van der Waals surface area contributed by atoms with E-state index in [1.54, 1.807) is 11.3 Å². The summed E-state index contributed by atoms with van der Waals surface area (Å²) in [6.07, 6.45) is 0. The van der Waals surface area contributed by atoms with Gasteiger partial charge in [0.05, 0.1) is 17.2 Å². The average Bonchev–Trinajstić information content (AvgIpc) is 2.79. The van der Waals surface area contributed by atoms with Gasteiger partial charge in [0.25, 0.3) is 0 Å². The fraction of sp³-hybridized carbons (Fsp3) is 0.364. The molecular formula is C11H14N2OS. The standard InChI is InChI=1S/C11H14N2OS/c1-7-4-9(8(2)14-7)11(12-3)10-5-15-6-13-10/h4-6,11-12H,1-3H3. The van der Waals surface area contributed by atoms with Gasteiger partial charge < -0.3 is 9.73 Å². The lowest BCUT2D eigenvalue weighted by atomic mass is 10.1. The molecule has 2 aromatic heterocycles. The molecular weight excluding hydrogens is 208 g/mol. The Bertz CT molecular complexity index is 433. The molecule has 0 amide bonds. The molecule has 15 heavy (non-hydrogen) atoms. The first-order valence-electron chi connectivity index (χ1n) is 4.84. The SMILES string of the molecule is CNC(c1cscn1)c1cc(C)oc1C. The van der Waals surface area contributed by atoms with Crippen LogP contribution in [0.3, 0.4) is 0 Å². The van der Waals surface area contributed by atoms with Crippen molar-refractivity contribution in [3.05, 3.63) is 39.7 Å². The Kier molecular flexibility index (Phi) is 2.88. The minimum atomic E-state index is 0.133. The maximum Gasteiger partial charge on any atom is 0.106 e. The highest BCUT2D eigenvalue weighted by Gasteiger charge is 2.18. The molecule has 2 aromatic rings. The quantitative estimate of drug-likeness (QED) is 0.867. The van der Waals surface area contributed by atoms with E-state index in [4.69, 9.17) is 4.42 Å². The molecule has 0 aromatic carbocycles.